The first kappa shape index (κ1) is 15.8. The van der Waals surface area contributed by atoms with E-state index >= 15 is 0 Å². The molecule has 0 bridgehead atoms. The molecule has 7 heteroatoms. The summed E-state index contributed by atoms with van der Waals surface area (Å²) in [6.45, 7) is 1.75. The molecule has 0 saturated heterocycles. The minimum absolute atomic E-state index is 0.0310. The number of aromatic nitrogens is 1. The Kier molecular flexibility index (Phi) is 4.51. The summed E-state index contributed by atoms with van der Waals surface area (Å²) in [5.41, 5.74) is 0.366. The topological polar surface area (TPSA) is 70.2 Å². The summed E-state index contributed by atoms with van der Waals surface area (Å²) in [6.07, 6.45) is 1.19. The normalized spacial score (nSPS) is 13.3. The van der Waals surface area contributed by atoms with Crippen molar-refractivity contribution in [2.75, 3.05) is 7.05 Å². The molecule has 1 aromatic carbocycles. The fraction of sp³-hybridized carbons (Fsp3) is 0.214. The molecule has 2 aromatic rings. The van der Waals surface area contributed by atoms with Gasteiger partial charge in [0.25, 0.3) is 0 Å². The first-order chi connectivity index (χ1) is 9.84. The zero-order chi connectivity index (χ0) is 15.6. The maximum atomic E-state index is 12.5. The van der Waals surface area contributed by atoms with Gasteiger partial charge >= 0.3 is 0 Å². The Bertz CT molecular complexity index is 781. The van der Waals surface area contributed by atoms with E-state index in [9.17, 15) is 13.2 Å². The molecule has 0 aliphatic carbocycles. The molecule has 21 heavy (non-hydrogen) atoms. The van der Waals surface area contributed by atoms with E-state index < -0.39 is 16.1 Å². The van der Waals surface area contributed by atoms with Crippen molar-refractivity contribution in [2.24, 2.45) is 0 Å². The molecule has 0 radical (unpaired) electrons. The lowest BCUT2D eigenvalue weighted by atomic mass is 10.1. The molecule has 1 unspecified atom stereocenters. The molecule has 112 valence electrons. The molecular formula is C14H15ClN2O3S. The standard InChI is InChI=1S/C14H15ClN2O3S/c1-10(12-5-3-4-6-13(12)15)17(2)21(19,20)11-7-8-14(18)16-9-11/h3-10H,1-2H3,(H,16,18). The van der Waals surface area contributed by atoms with Crippen LogP contribution in [0, 0.1) is 0 Å². The summed E-state index contributed by atoms with van der Waals surface area (Å²) in [4.78, 5) is 13.4. The van der Waals surface area contributed by atoms with Crippen molar-refractivity contribution in [3.05, 3.63) is 63.5 Å². The van der Waals surface area contributed by atoms with E-state index in [-0.39, 0.29) is 10.5 Å². The smallest absolute Gasteiger partial charge is 0.247 e. The van der Waals surface area contributed by atoms with E-state index in [1.54, 1.807) is 31.2 Å². The number of aromatic amines is 1. The highest BCUT2D eigenvalue weighted by Gasteiger charge is 2.27. The third kappa shape index (κ3) is 3.18. The van der Waals surface area contributed by atoms with E-state index in [0.717, 1.165) is 5.56 Å². The SMILES string of the molecule is CC(c1ccccc1Cl)N(C)S(=O)(=O)c1ccc(=O)[nH]c1. The number of benzene rings is 1. The van der Waals surface area contributed by atoms with Crippen LogP contribution in [-0.4, -0.2) is 24.8 Å². The van der Waals surface area contributed by atoms with E-state index in [2.05, 4.69) is 4.98 Å². The van der Waals surface area contributed by atoms with Crippen LogP contribution >= 0.6 is 11.6 Å². The molecule has 0 saturated carbocycles. The van der Waals surface area contributed by atoms with Gasteiger partial charge in [0.1, 0.15) is 0 Å². The second-order valence-electron chi connectivity index (χ2n) is 4.61. The largest absolute Gasteiger partial charge is 0.328 e. The van der Waals surface area contributed by atoms with Gasteiger partial charge < -0.3 is 4.98 Å². The average Bonchev–Trinajstić information content (AvgIpc) is 2.46. The van der Waals surface area contributed by atoms with Gasteiger partial charge in [-0.2, -0.15) is 4.31 Å². The van der Waals surface area contributed by atoms with Crippen LogP contribution in [0.2, 0.25) is 5.02 Å². The number of hydrogen-bond donors (Lipinski definition) is 1. The molecule has 1 N–H and O–H groups in total. The summed E-state index contributed by atoms with van der Waals surface area (Å²) in [5, 5.41) is 0.508. The first-order valence-corrected chi connectivity index (χ1v) is 8.07. The Hall–Kier alpha value is -1.63. The minimum Gasteiger partial charge on any atom is -0.328 e. The monoisotopic (exact) mass is 326 g/mol. The highest BCUT2D eigenvalue weighted by molar-refractivity contribution is 7.89. The van der Waals surface area contributed by atoms with Gasteiger partial charge in [0, 0.05) is 30.4 Å². The fourth-order valence-electron chi connectivity index (χ4n) is 1.94. The summed E-state index contributed by atoms with van der Waals surface area (Å²) >= 11 is 6.11. The summed E-state index contributed by atoms with van der Waals surface area (Å²) in [7, 11) is -2.23. The quantitative estimate of drug-likeness (QED) is 0.938. The minimum atomic E-state index is -3.72. The van der Waals surface area contributed by atoms with Crippen LogP contribution < -0.4 is 5.56 Å². The second kappa shape index (κ2) is 6.01. The lowest BCUT2D eigenvalue weighted by Crippen LogP contribution is -2.30. The lowest BCUT2D eigenvalue weighted by Gasteiger charge is -2.25. The third-order valence-corrected chi connectivity index (χ3v) is 5.60. The highest BCUT2D eigenvalue weighted by atomic mass is 35.5. The molecular weight excluding hydrogens is 312 g/mol. The number of rotatable bonds is 4. The van der Waals surface area contributed by atoms with Gasteiger partial charge in [-0.15, -0.1) is 0 Å². The van der Waals surface area contributed by atoms with Gasteiger partial charge in [-0.05, 0) is 24.6 Å². The molecule has 5 nitrogen and oxygen atoms in total. The van der Waals surface area contributed by atoms with Gasteiger partial charge in [0.15, 0.2) is 0 Å². The van der Waals surface area contributed by atoms with Crippen molar-refractivity contribution in [3.63, 3.8) is 0 Å². The molecule has 2 rings (SSSR count). The predicted molar refractivity (Wildman–Crippen MR) is 81.9 cm³/mol. The summed E-state index contributed by atoms with van der Waals surface area (Å²) < 4.78 is 26.3. The van der Waals surface area contributed by atoms with Crippen LogP contribution in [0.3, 0.4) is 0 Å². The van der Waals surface area contributed by atoms with Gasteiger partial charge in [0.2, 0.25) is 15.6 Å². The average molecular weight is 327 g/mol. The zero-order valence-corrected chi connectivity index (χ0v) is 13.1. The molecule has 0 fully saturated rings. The molecule has 0 spiro atoms. The Morgan fingerprint density at radius 1 is 1.19 bits per heavy atom. The number of H-pyrrole nitrogens is 1. The van der Waals surface area contributed by atoms with Gasteiger partial charge in [-0.3, -0.25) is 4.79 Å². The van der Waals surface area contributed by atoms with Crippen molar-refractivity contribution in [1.82, 2.24) is 9.29 Å². The Morgan fingerprint density at radius 3 is 2.43 bits per heavy atom. The maximum Gasteiger partial charge on any atom is 0.247 e. The number of pyridine rings is 1. The molecule has 0 aliphatic rings. The van der Waals surface area contributed by atoms with Crippen molar-refractivity contribution in [1.29, 1.82) is 0 Å². The number of hydrogen-bond acceptors (Lipinski definition) is 3. The van der Waals surface area contributed by atoms with Crippen molar-refractivity contribution in [2.45, 2.75) is 17.9 Å². The summed E-state index contributed by atoms with van der Waals surface area (Å²) in [6, 6.07) is 9.12. The first-order valence-electron chi connectivity index (χ1n) is 6.25. The van der Waals surface area contributed by atoms with E-state index in [4.69, 9.17) is 11.6 Å². The van der Waals surface area contributed by atoms with Crippen LogP contribution in [0.5, 0.6) is 0 Å². The van der Waals surface area contributed by atoms with Gasteiger partial charge in [-0.1, -0.05) is 29.8 Å². The molecule has 0 amide bonds. The number of halogens is 1. The molecule has 0 aliphatic heterocycles. The number of sulfonamides is 1. The van der Waals surface area contributed by atoms with Crippen molar-refractivity contribution < 1.29 is 8.42 Å². The van der Waals surface area contributed by atoms with Crippen molar-refractivity contribution >= 4 is 21.6 Å². The van der Waals surface area contributed by atoms with Crippen LogP contribution in [0.15, 0.2) is 52.3 Å². The molecule has 1 aromatic heterocycles. The van der Waals surface area contributed by atoms with Gasteiger partial charge in [0.05, 0.1) is 4.90 Å². The van der Waals surface area contributed by atoms with Crippen LogP contribution in [-0.2, 0) is 10.0 Å². The number of nitrogens with one attached hydrogen (secondary N) is 1. The van der Waals surface area contributed by atoms with Crippen LogP contribution in [0.1, 0.15) is 18.5 Å². The second-order valence-corrected chi connectivity index (χ2v) is 7.01. The third-order valence-electron chi connectivity index (χ3n) is 3.33. The Morgan fingerprint density at radius 2 is 1.86 bits per heavy atom. The number of nitrogens with zero attached hydrogens (tertiary/aromatic N) is 1. The Labute approximate surface area is 128 Å². The van der Waals surface area contributed by atoms with E-state index in [1.807, 2.05) is 0 Å². The predicted octanol–water partition coefficient (Wildman–Crippen LogP) is 2.41. The zero-order valence-electron chi connectivity index (χ0n) is 11.6. The molecule has 1 atom stereocenters. The van der Waals surface area contributed by atoms with E-state index in [1.165, 1.54) is 29.7 Å². The molecule has 1 heterocycles. The van der Waals surface area contributed by atoms with E-state index in [0.29, 0.717) is 5.02 Å². The Balaban J connectivity index is 2.38. The van der Waals surface area contributed by atoms with Crippen LogP contribution in [0.25, 0.3) is 0 Å². The highest BCUT2D eigenvalue weighted by Crippen LogP contribution is 2.29. The summed E-state index contributed by atoms with van der Waals surface area (Å²) in [5.74, 6) is 0. The lowest BCUT2D eigenvalue weighted by molar-refractivity contribution is 0.398. The maximum absolute atomic E-state index is 12.5. The van der Waals surface area contributed by atoms with Crippen molar-refractivity contribution in [3.8, 4) is 0 Å². The van der Waals surface area contributed by atoms with Crippen LogP contribution in [0.4, 0.5) is 0 Å². The fourth-order valence-corrected chi connectivity index (χ4v) is 3.54. The van der Waals surface area contributed by atoms with Gasteiger partial charge in [-0.25, -0.2) is 8.42 Å².